The minimum Gasteiger partial charge on any atom is -0.387 e. The number of aliphatic hydroxyl groups excluding tert-OH is 1. The third-order valence-corrected chi connectivity index (χ3v) is 6.28. The number of nitrogens with zero attached hydrogens (tertiary/aromatic N) is 1. The summed E-state index contributed by atoms with van der Waals surface area (Å²) in [4.78, 5) is 24.3. The first kappa shape index (κ1) is 24.5. The second kappa shape index (κ2) is 9.40. The van der Waals surface area contributed by atoms with Crippen LogP contribution in [0.25, 0.3) is 0 Å². The molecule has 3 rings (SSSR count). The lowest BCUT2D eigenvalue weighted by molar-refractivity contribution is -0.137. The van der Waals surface area contributed by atoms with E-state index in [-0.39, 0.29) is 11.3 Å². The van der Waals surface area contributed by atoms with Gasteiger partial charge in [0.1, 0.15) is 0 Å². The Balaban J connectivity index is 1.60. The number of hydrogen-bond donors (Lipinski definition) is 3. The van der Waals surface area contributed by atoms with Crippen LogP contribution in [0.3, 0.4) is 0 Å². The molecule has 0 radical (unpaired) electrons. The van der Waals surface area contributed by atoms with Gasteiger partial charge < -0.3 is 15.7 Å². The summed E-state index contributed by atoms with van der Waals surface area (Å²) in [5.41, 5.74) is 0.710. The van der Waals surface area contributed by atoms with Crippen molar-refractivity contribution in [2.75, 3.05) is 29.0 Å². The highest BCUT2D eigenvalue weighted by Gasteiger charge is 2.30. The second-order valence-electron chi connectivity index (χ2n) is 7.58. The summed E-state index contributed by atoms with van der Waals surface area (Å²) in [6.45, 7) is -0.0881. The van der Waals surface area contributed by atoms with Crippen molar-refractivity contribution < 1.29 is 36.3 Å². The molecule has 1 heterocycles. The van der Waals surface area contributed by atoms with Gasteiger partial charge in [-0.25, -0.2) is 8.42 Å². The number of fused-ring (bicyclic) bond motifs is 1. The molecular formula is C21H22F3N3O5S. The molecule has 1 aliphatic heterocycles. The van der Waals surface area contributed by atoms with Gasteiger partial charge in [0.2, 0.25) is 10.0 Å². The number of aryl methyl sites for hydroxylation is 1. The first-order valence-electron chi connectivity index (χ1n) is 9.91. The predicted molar refractivity (Wildman–Crippen MR) is 115 cm³/mol. The van der Waals surface area contributed by atoms with Crippen molar-refractivity contribution in [1.82, 2.24) is 5.32 Å². The Labute approximate surface area is 188 Å². The van der Waals surface area contributed by atoms with Crippen LogP contribution in [0.1, 0.15) is 29.2 Å². The van der Waals surface area contributed by atoms with Gasteiger partial charge in [0.25, 0.3) is 0 Å². The van der Waals surface area contributed by atoms with E-state index in [0.717, 1.165) is 36.1 Å². The Morgan fingerprint density at radius 1 is 1.12 bits per heavy atom. The third kappa shape index (κ3) is 6.02. The largest absolute Gasteiger partial charge is 0.416 e. The van der Waals surface area contributed by atoms with Gasteiger partial charge in [0.15, 0.2) is 0 Å². The molecule has 0 bridgehead atoms. The van der Waals surface area contributed by atoms with Crippen LogP contribution in [0.15, 0.2) is 42.5 Å². The van der Waals surface area contributed by atoms with Gasteiger partial charge in [-0.1, -0.05) is 18.2 Å². The quantitative estimate of drug-likeness (QED) is 0.562. The van der Waals surface area contributed by atoms with Crippen molar-refractivity contribution in [2.45, 2.75) is 25.1 Å². The van der Waals surface area contributed by atoms with E-state index in [9.17, 15) is 36.3 Å². The Morgan fingerprint density at radius 2 is 1.79 bits per heavy atom. The highest BCUT2D eigenvalue weighted by molar-refractivity contribution is 7.92. The first-order valence-corrected chi connectivity index (χ1v) is 11.8. The highest BCUT2D eigenvalue weighted by Crippen LogP contribution is 2.32. The maximum atomic E-state index is 12.6. The maximum absolute atomic E-state index is 12.6. The van der Waals surface area contributed by atoms with E-state index in [2.05, 4.69) is 10.6 Å². The minimum atomic E-state index is -4.51. The van der Waals surface area contributed by atoms with Crippen LogP contribution in [0.4, 0.5) is 24.5 Å². The third-order valence-electron chi connectivity index (χ3n) is 5.10. The zero-order valence-corrected chi connectivity index (χ0v) is 18.3. The Bertz CT molecular complexity index is 1150. The number of aliphatic hydroxyl groups is 1. The van der Waals surface area contributed by atoms with Gasteiger partial charge in [-0.3, -0.25) is 13.9 Å². The summed E-state index contributed by atoms with van der Waals surface area (Å²) in [5.74, 6) is -2.12. The van der Waals surface area contributed by atoms with E-state index in [1.807, 2.05) is 0 Å². The van der Waals surface area contributed by atoms with Crippen LogP contribution < -0.4 is 14.9 Å². The number of amides is 2. The first-order chi connectivity index (χ1) is 15.4. The number of benzene rings is 2. The average molecular weight is 485 g/mol. The second-order valence-corrected chi connectivity index (χ2v) is 9.49. The van der Waals surface area contributed by atoms with Crippen molar-refractivity contribution in [3.8, 4) is 0 Å². The van der Waals surface area contributed by atoms with E-state index in [1.165, 1.54) is 10.4 Å². The summed E-state index contributed by atoms with van der Waals surface area (Å²) >= 11 is 0. The molecule has 3 N–H and O–H groups in total. The van der Waals surface area contributed by atoms with Gasteiger partial charge in [0.05, 0.1) is 23.6 Å². The standard InChI is InChI=1S/C21H22F3N3O5S/c1-33(31,32)27-10-2-3-13-6-9-16(11-17(13)27)26-20(30)19(29)25-12-18(28)14-4-7-15(8-5-14)21(22,23)24/h4-9,11,18,28H,2-3,10,12H2,1H3,(H,25,29)(H,26,30). The van der Waals surface area contributed by atoms with E-state index < -0.39 is 46.2 Å². The van der Waals surface area contributed by atoms with E-state index in [0.29, 0.717) is 25.1 Å². The number of sulfonamides is 1. The number of halogens is 3. The summed E-state index contributed by atoms with van der Waals surface area (Å²) < 4.78 is 63.1. The molecule has 2 aromatic rings. The van der Waals surface area contributed by atoms with E-state index in [4.69, 9.17) is 0 Å². The van der Waals surface area contributed by atoms with Crippen molar-refractivity contribution in [3.05, 3.63) is 59.2 Å². The number of alkyl halides is 3. The topological polar surface area (TPSA) is 116 Å². The molecule has 0 saturated heterocycles. The zero-order chi connectivity index (χ0) is 24.4. The molecule has 1 atom stereocenters. The van der Waals surface area contributed by atoms with E-state index in [1.54, 1.807) is 12.1 Å². The van der Waals surface area contributed by atoms with Crippen LogP contribution in [0, 0.1) is 0 Å². The van der Waals surface area contributed by atoms with Gasteiger partial charge in [-0.2, -0.15) is 13.2 Å². The zero-order valence-electron chi connectivity index (χ0n) is 17.5. The number of anilines is 2. The molecule has 0 aromatic heterocycles. The summed E-state index contributed by atoms with van der Waals surface area (Å²) in [7, 11) is -3.51. The fourth-order valence-corrected chi connectivity index (χ4v) is 4.42. The van der Waals surface area contributed by atoms with Gasteiger partial charge in [-0.15, -0.1) is 0 Å². The lowest BCUT2D eigenvalue weighted by atomic mass is 10.0. The van der Waals surface area contributed by atoms with Crippen molar-refractivity contribution >= 4 is 33.2 Å². The van der Waals surface area contributed by atoms with Crippen LogP contribution in [-0.4, -0.2) is 44.7 Å². The monoisotopic (exact) mass is 485 g/mol. The molecular weight excluding hydrogens is 463 g/mol. The van der Waals surface area contributed by atoms with Gasteiger partial charge in [-0.05, 0) is 48.2 Å². The molecule has 1 unspecified atom stereocenters. The van der Waals surface area contributed by atoms with Gasteiger partial charge >= 0.3 is 18.0 Å². The summed E-state index contributed by atoms with van der Waals surface area (Å²) in [6.07, 6.45) is -3.41. The molecule has 8 nitrogen and oxygen atoms in total. The number of carbonyl (C=O) groups excluding carboxylic acids is 2. The number of rotatable bonds is 5. The average Bonchev–Trinajstić information content (AvgIpc) is 2.75. The predicted octanol–water partition coefficient (Wildman–Crippen LogP) is 2.21. The van der Waals surface area contributed by atoms with Crippen molar-refractivity contribution in [2.24, 2.45) is 0 Å². The van der Waals surface area contributed by atoms with Crippen LogP contribution in [-0.2, 0) is 32.2 Å². The number of hydrogen-bond acceptors (Lipinski definition) is 5. The molecule has 178 valence electrons. The van der Waals surface area contributed by atoms with Crippen LogP contribution in [0.2, 0.25) is 0 Å². The summed E-state index contributed by atoms with van der Waals surface area (Å²) in [5, 5.41) is 14.7. The smallest absolute Gasteiger partial charge is 0.387 e. The lowest BCUT2D eigenvalue weighted by Gasteiger charge is -2.29. The molecule has 0 fully saturated rings. The normalized spacial score (nSPS) is 14.9. The van der Waals surface area contributed by atoms with Gasteiger partial charge in [0, 0.05) is 18.8 Å². The van der Waals surface area contributed by atoms with Crippen LogP contribution in [0.5, 0.6) is 0 Å². The van der Waals surface area contributed by atoms with Crippen molar-refractivity contribution in [1.29, 1.82) is 0 Å². The highest BCUT2D eigenvalue weighted by atomic mass is 32.2. The maximum Gasteiger partial charge on any atom is 0.416 e. The molecule has 33 heavy (non-hydrogen) atoms. The fraction of sp³-hybridized carbons (Fsp3) is 0.333. The molecule has 2 aromatic carbocycles. The van der Waals surface area contributed by atoms with Crippen LogP contribution >= 0.6 is 0 Å². The molecule has 1 aliphatic rings. The number of nitrogens with one attached hydrogen (secondary N) is 2. The molecule has 0 spiro atoms. The number of carbonyl (C=O) groups is 2. The Morgan fingerprint density at radius 3 is 2.39 bits per heavy atom. The SMILES string of the molecule is CS(=O)(=O)N1CCCc2ccc(NC(=O)C(=O)NCC(O)c3ccc(C(F)(F)F)cc3)cc21. The molecule has 0 aliphatic carbocycles. The molecule has 0 saturated carbocycles. The Hall–Kier alpha value is -3.12. The Kier molecular flexibility index (Phi) is 6.98. The fourth-order valence-electron chi connectivity index (χ4n) is 3.43. The molecule has 12 heteroatoms. The molecule has 2 amide bonds. The van der Waals surface area contributed by atoms with Crippen molar-refractivity contribution in [3.63, 3.8) is 0 Å². The lowest BCUT2D eigenvalue weighted by Crippen LogP contribution is -2.38. The minimum absolute atomic E-state index is 0.138. The summed E-state index contributed by atoms with van der Waals surface area (Å²) in [6, 6.07) is 8.48. The van der Waals surface area contributed by atoms with E-state index >= 15 is 0 Å².